The lowest BCUT2D eigenvalue weighted by molar-refractivity contribution is 0.0499. The quantitative estimate of drug-likeness (QED) is 0.724. The highest BCUT2D eigenvalue weighted by molar-refractivity contribution is 5.96. The number of hydrogen-bond acceptors (Lipinski definition) is 6. The molecule has 30 heavy (non-hydrogen) atoms. The van der Waals surface area contributed by atoms with E-state index in [4.69, 9.17) is 19.6 Å². The number of benzene rings is 1. The van der Waals surface area contributed by atoms with Crippen molar-refractivity contribution in [3.05, 3.63) is 40.2 Å². The van der Waals surface area contributed by atoms with Crippen LogP contribution in [-0.4, -0.2) is 49.8 Å². The van der Waals surface area contributed by atoms with E-state index in [1.54, 1.807) is 17.0 Å². The number of fused-ring (bicyclic) bond motifs is 1. The number of rotatable bonds is 5. The Morgan fingerprint density at radius 3 is 2.73 bits per heavy atom. The zero-order valence-corrected chi connectivity index (χ0v) is 18.0. The fourth-order valence-electron chi connectivity index (χ4n) is 4.30. The molecule has 2 N–H and O–H groups in total. The van der Waals surface area contributed by atoms with Gasteiger partial charge in [-0.15, -0.1) is 12.4 Å². The Morgan fingerprint density at radius 1 is 1.30 bits per heavy atom. The van der Waals surface area contributed by atoms with Crippen molar-refractivity contribution in [1.29, 1.82) is 0 Å². The van der Waals surface area contributed by atoms with E-state index in [9.17, 15) is 9.59 Å². The number of carbonyl (C=O) groups excluding carboxylic acids is 1. The van der Waals surface area contributed by atoms with E-state index >= 15 is 0 Å². The topological polar surface area (TPSA) is 95.0 Å². The molecule has 2 aromatic rings. The summed E-state index contributed by atoms with van der Waals surface area (Å²) in [5.41, 5.74) is 5.74. The lowest BCUT2D eigenvalue weighted by Gasteiger charge is -2.38. The second kappa shape index (κ2) is 9.37. The lowest BCUT2D eigenvalue weighted by atomic mass is 9.76. The standard InChI is InChI=1S/C22H28N2O5.ClH/c1-2-9-27-16-4-3-15-10-18(21(26)29-19(15)11-16)20(25)24-7-5-22(6-8-24)12-17(13-23)28-14-22;/h3-4,10-11,17H,2,5-9,12-14,23H2,1H3;1H. The predicted molar refractivity (Wildman–Crippen MR) is 116 cm³/mol. The Kier molecular flexibility index (Phi) is 7.06. The van der Waals surface area contributed by atoms with Crippen LogP contribution in [0, 0.1) is 5.41 Å². The maximum absolute atomic E-state index is 13.0. The van der Waals surface area contributed by atoms with Crippen LogP contribution in [0.2, 0.25) is 0 Å². The summed E-state index contributed by atoms with van der Waals surface area (Å²) >= 11 is 0. The molecule has 0 aliphatic carbocycles. The Labute approximate surface area is 181 Å². The summed E-state index contributed by atoms with van der Waals surface area (Å²) in [7, 11) is 0. The Balaban J connectivity index is 0.00000256. The van der Waals surface area contributed by atoms with E-state index in [2.05, 4.69) is 0 Å². The molecule has 1 amide bonds. The fourth-order valence-corrected chi connectivity index (χ4v) is 4.30. The average Bonchev–Trinajstić information content (AvgIpc) is 3.14. The molecule has 0 bridgehead atoms. The molecule has 1 aromatic heterocycles. The molecule has 1 unspecified atom stereocenters. The van der Waals surface area contributed by atoms with Gasteiger partial charge >= 0.3 is 5.63 Å². The molecular weight excluding hydrogens is 408 g/mol. The van der Waals surface area contributed by atoms with Gasteiger partial charge in [-0.3, -0.25) is 4.79 Å². The van der Waals surface area contributed by atoms with Crippen LogP contribution in [0.5, 0.6) is 5.75 Å². The largest absolute Gasteiger partial charge is 0.493 e. The van der Waals surface area contributed by atoms with Crippen molar-refractivity contribution in [2.24, 2.45) is 11.1 Å². The number of nitrogens with two attached hydrogens (primary N) is 1. The first kappa shape index (κ1) is 22.6. The second-order valence-electron chi connectivity index (χ2n) is 8.16. The SMILES string of the molecule is CCCOc1ccc2cc(C(=O)N3CCC4(CC3)COC(CN)C4)c(=O)oc2c1.Cl. The normalized spacial score (nSPS) is 20.3. The molecule has 3 heterocycles. The van der Waals surface area contributed by atoms with E-state index in [0.29, 0.717) is 49.6 Å². The molecule has 1 atom stereocenters. The highest BCUT2D eigenvalue weighted by Gasteiger charge is 2.42. The van der Waals surface area contributed by atoms with Crippen molar-refractivity contribution in [3.63, 3.8) is 0 Å². The van der Waals surface area contributed by atoms with Gasteiger partial charge in [0.05, 0.1) is 19.3 Å². The van der Waals surface area contributed by atoms with Gasteiger partial charge in [0, 0.05) is 31.1 Å². The molecule has 2 aliphatic heterocycles. The maximum Gasteiger partial charge on any atom is 0.349 e. The molecule has 8 heteroatoms. The summed E-state index contributed by atoms with van der Waals surface area (Å²) in [5.74, 6) is 0.383. The van der Waals surface area contributed by atoms with Crippen LogP contribution in [0.3, 0.4) is 0 Å². The maximum atomic E-state index is 13.0. The third-order valence-corrected chi connectivity index (χ3v) is 6.07. The van der Waals surface area contributed by atoms with Crippen LogP contribution in [0.1, 0.15) is 43.0 Å². The van der Waals surface area contributed by atoms with E-state index < -0.39 is 5.63 Å². The van der Waals surface area contributed by atoms with Crippen molar-refractivity contribution >= 4 is 29.3 Å². The van der Waals surface area contributed by atoms with Crippen molar-refractivity contribution in [1.82, 2.24) is 4.90 Å². The summed E-state index contributed by atoms with van der Waals surface area (Å²) in [6.07, 6.45) is 3.70. The number of amides is 1. The average molecular weight is 437 g/mol. The summed E-state index contributed by atoms with van der Waals surface area (Å²) in [4.78, 5) is 27.2. The van der Waals surface area contributed by atoms with Crippen LogP contribution < -0.4 is 16.1 Å². The smallest absolute Gasteiger partial charge is 0.349 e. The zero-order chi connectivity index (χ0) is 20.4. The first-order chi connectivity index (χ1) is 14.0. The second-order valence-corrected chi connectivity index (χ2v) is 8.16. The number of likely N-dealkylation sites (tertiary alicyclic amines) is 1. The van der Waals surface area contributed by atoms with E-state index in [1.807, 2.05) is 19.1 Å². The third-order valence-electron chi connectivity index (χ3n) is 6.07. The highest BCUT2D eigenvalue weighted by Crippen LogP contribution is 2.41. The molecule has 1 spiro atoms. The van der Waals surface area contributed by atoms with E-state index in [1.165, 1.54) is 0 Å². The Bertz CT molecular complexity index is 952. The van der Waals surface area contributed by atoms with E-state index in [-0.39, 0.29) is 35.4 Å². The van der Waals surface area contributed by atoms with Crippen molar-refractivity contribution in [2.45, 2.75) is 38.7 Å². The van der Waals surface area contributed by atoms with Gasteiger partial charge in [0.25, 0.3) is 5.91 Å². The molecule has 0 saturated carbocycles. The minimum Gasteiger partial charge on any atom is -0.493 e. The van der Waals surface area contributed by atoms with Gasteiger partial charge in [-0.2, -0.15) is 0 Å². The molecule has 1 aromatic carbocycles. The fraction of sp³-hybridized carbons (Fsp3) is 0.545. The molecular formula is C22H29ClN2O5. The molecule has 7 nitrogen and oxygen atoms in total. The zero-order valence-electron chi connectivity index (χ0n) is 17.2. The molecule has 0 radical (unpaired) electrons. The Morgan fingerprint density at radius 2 is 2.07 bits per heavy atom. The van der Waals surface area contributed by atoms with Gasteiger partial charge in [0.1, 0.15) is 16.9 Å². The van der Waals surface area contributed by atoms with Crippen molar-refractivity contribution in [3.8, 4) is 5.75 Å². The monoisotopic (exact) mass is 436 g/mol. The van der Waals surface area contributed by atoms with Crippen LogP contribution in [0.4, 0.5) is 0 Å². The van der Waals surface area contributed by atoms with Gasteiger partial charge in [-0.05, 0) is 49.3 Å². The van der Waals surface area contributed by atoms with Crippen LogP contribution in [0.15, 0.2) is 33.5 Å². The van der Waals surface area contributed by atoms with Crippen molar-refractivity contribution in [2.75, 3.05) is 32.8 Å². The summed E-state index contributed by atoms with van der Waals surface area (Å²) < 4.78 is 16.8. The highest BCUT2D eigenvalue weighted by atomic mass is 35.5. The Hall–Kier alpha value is -2.09. The molecule has 2 fully saturated rings. The summed E-state index contributed by atoms with van der Waals surface area (Å²) in [6.45, 7) is 5.09. The first-order valence-electron chi connectivity index (χ1n) is 10.4. The molecule has 2 aliphatic rings. The number of piperidine rings is 1. The van der Waals surface area contributed by atoms with Gasteiger partial charge in [0.2, 0.25) is 0 Å². The van der Waals surface area contributed by atoms with Crippen molar-refractivity contribution < 1.29 is 18.7 Å². The van der Waals surface area contributed by atoms with Gasteiger partial charge in [-0.25, -0.2) is 4.79 Å². The number of ether oxygens (including phenoxy) is 2. The molecule has 164 valence electrons. The number of hydrogen-bond donors (Lipinski definition) is 1. The van der Waals surface area contributed by atoms with Gasteiger partial charge < -0.3 is 24.5 Å². The molecule has 4 rings (SSSR count). The van der Waals surface area contributed by atoms with Gasteiger partial charge in [-0.1, -0.05) is 6.92 Å². The summed E-state index contributed by atoms with van der Waals surface area (Å²) in [5, 5.41) is 0.709. The lowest BCUT2D eigenvalue weighted by Crippen LogP contribution is -2.44. The summed E-state index contributed by atoms with van der Waals surface area (Å²) in [6, 6.07) is 6.96. The first-order valence-corrected chi connectivity index (χ1v) is 10.4. The minimum atomic E-state index is -0.608. The van der Waals surface area contributed by atoms with Crippen LogP contribution in [0.25, 0.3) is 11.0 Å². The van der Waals surface area contributed by atoms with Gasteiger partial charge in [0.15, 0.2) is 0 Å². The van der Waals surface area contributed by atoms with Crippen LogP contribution in [-0.2, 0) is 4.74 Å². The number of nitrogens with zero attached hydrogens (tertiary/aromatic N) is 1. The number of halogens is 1. The van der Waals surface area contributed by atoms with E-state index in [0.717, 1.165) is 25.7 Å². The number of carbonyl (C=O) groups is 1. The predicted octanol–water partition coefficient (Wildman–Crippen LogP) is 2.97. The minimum absolute atomic E-state index is 0. The van der Waals surface area contributed by atoms with Crippen LogP contribution >= 0.6 is 12.4 Å². The third kappa shape index (κ3) is 4.48. The molecule has 2 saturated heterocycles.